The molecular formula is C34H34N2O6S. The Morgan fingerprint density at radius 1 is 0.930 bits per heavy atom. The summed E-state index contributed by atoms with van der Waals surface area (Å²) in [4.78, 5) is 24.9. The largest absolute Gasteiger partial charge is 0.492 e. The Hall–Kier alpha value is -4.63. The zero-order chi connectivity index (χ0) is 30.6. The van der Waals surface area contributed by atoms with Crippen molar-refractivity contribution in [1.82, 2.24) is 5.32 Å². The molecule has 1 heterocycles. The second-order valence-electron chi connectivity index (χ2n) is 10.5. The average molecular weight is 599 g/mol. The van der Waals surface area contributed by atoms with Gasteiger partial charge in [-0.05, 0) is 72.0 Å². The first kappa shape index (κ1) is 29.8. The molecule has 1 aliphatic rings. The Morgan fingerprint density at radius 3 is 2.37 bits per heavy atom. The number of anilines is 1. The first-order chi connectivity index (χ1) is 20.7. The SMILES string of the molecule is COC(=O)Cc1ccc(OCCNC(=O)[C@@H]2Cc3ccccc3N2S(=O)(=O)c2ccc(-c3cc(C)ccc3C)cc2)cc1. The average Bonchev–Trinajstić information content (AvgIpc) is 3.42. The molecule has 0 unspecified atom stereocenters. The molecule has 0 fully saturated rings. The molecule has 1 atom stereocenters. The van der Waals surface area contributed by atoms with Crippen molar-refractivity contribution >= 4 is 27.6 Å². The number of fused-ring (bicyclic) bond motifs is 1. The van der Waals surface area contributed by atoms with Gasteiger partial charge >= 0.3 is 5.97 Å². The van der Waals surface area contributed by atoms with Gasteiger partial charge < -0.3 is 14.8 Å². The molecule has 4 aromatic rings. The van der Waals surface area contributed by atoms with Crippen LogP contribution in [0.25, 0.3) is 11.1 Å². The van der Waals surface area contributed by atoms with Crippen molar-refractivity contribution in [2.75, 3.05) is 24.6 Å². The maximum atomic E-state index is 14.0. The third-order valence-corrected chi connectivity index (χ3v) is 9.35. The van der Waals surface area contributed by atoms with Crippen LogP contribution >= 0.6 is 0 Å². The summed E-state index contributed by atoms with van der Waals surface area (Å²) in [5.74, 6) is -0.135. The fourth-order valence-corrected chi connectivity index (χ4v) is 6.87. The molecule has 0 saturated heterocycles. The standard InChI is InChI=1S/C34H34N2O6S/c1-23-8-9-24(2)30(20-23)26-12-16-29(17-13-26)43(39,40)36-31-7-5-4-6-27(31)22-32(36)34(38)35-18-19-42-28-14-10-25(11-15-28)21-33(37)41-3/h4-17,20,32H,18-19,21-22H2,1-3H3,(H,35,38)/t32-/m0/s1. The summed E-state index contributed by atoms with van der Waals surface area (Å²) in [6.07, 6.45) is 0.441. The topological polar surface area (TPSA) is 102 Å². The Labute approximate surface area is 252 Å². The summed E-state index contributed by atoms with van der Waals surface area (Å²) in [5, 5.41) is 2.84. The molecule has 222 valence electrons. The van der Waals surface area contributed by atoms with E-state index < -0.39 is 22.0 Å². The highest BCUT2D eigenvalue weighted by Crippen LogP contribution is 2.37. The van der Waals surface area contributed by atoms with Gasteiger partial charge in [-0.15, -0.1) is 0 Å². The van der Waals surface area contributed by atoms with Crippen LogP contribution < -0.4 is 14.4 Å². The number of para-hydroxylation sites is 1. The number of sulfonamides is 1. The third-order valence-electron chi connectivity index (χ3n) is 7.51. The van der Waals surface area contributed by atoms with Gasteiger partial charge in [-0.2, -0.15) is 0 Å². The number of rotatable bonds is 10. The molecule has 1 aliphatic heterocycles. The van der Waals surface area contributed by atoms with Crippen LogP contribution in [0, 0.1) is 13.8 Å². The minimum absolute atomic E-state index is 0.120. The van der Waals surface area contributed by atoms with E-state index in [-0.39, 0.29) is 36.9 Å². The van der Waals surface area contributed by atoms with Crippen LogP contribution in [0.15, 0.2) is 95.9 Å². The zero-order valence-corrected chi connectivity index (χ0v) is 25.2. The maximum absolute atomic E-state index is 14.0. The number of methoxy groups -OCH3 is 1. The summed E-state index contributed by atoms with van der Waals surface area (Å²) in [6, 6.07) is 26.3. The monoisotopic (exact) mass is 598 g/mol. The molecule has 1 amide bonds. The van der Waals surface area contributed by atoms with Crippen molar-refractivity contribution in [1.29, 1.82) is 0 Å². The molecule has 0 radical (unpaired) electrons. The molecule has 4 aromatic carbocycles. The minimum atomic E-state index is -4.04. The summed E-state index contributed by atoms with van der Waals surface area (Å²) in [5.41, 5.74) is 6.30. The van der Waals surface area contributed by atoms with Crippen molar-refractivity contribution in [3.05, 3.63) is 113 Å². The molecule has 9 heteroatoms. The quantitative estimate of drug-likeness (QED) is 0.204. The number of hydrogen-bond donors (Lipinski definition) is 1. The van der Waals surface area contributed by atoms with E-state index in [0.29, 0.717) is 11.4 Å². The number of nitrogens with zero attached hydrogens (tertiary/aromatic N) is 1. The van der Waals surface area contributed by atoms with Crippen LogP contribution in [0.5, 0.6) is 5.75 Å². The lowest BCUT2D eigenvalue weighted by Gasteiger charge is -2.26. The number of carbonyl (C=O) groups is 2. The van der Waals surface area contributed by atoms with Gasteiger partial charge in [0.25, 0.3) is 10.0 Å². The van der Waals surface area contributed by atoms with E-state index in [1.165, 1.54) is 11.4 Å². The Balaban J connectivity index is 1.28. The number of carbonyl (C=O) groups excluding carboxylic acids is 2. The van der Waals surface area contributed by atoms with E-state index in [1.807, 2.05) is 50.2 Å². The van der Waals surface area contributed by atoms with Crippen molar-refractivity contribution in [2.45, 2.75) is 37.6 Å². The Morgan fingerprint density at radius 2 is 1.65 bits per heavy atom. The fraction of sp³-hybridized carbons (Fsp3) is 0.235. The van der Waals surface area contributed by atoms with Gasteiger partial charge in [-0.25, -0.2) is 8.42 Å². The van der Waals surface area contributed by atoms with E-state index in [4.69, 9.17) is 4.74 Å². The summed E-state index contributed by atoms with van der Waals surface area (Å²) >= 11 is 0. The van der Waals surface area contributed by atoms with Crippen LogP contribution in [0.2, 0.25) is 0 Å². The van der Waals surface area contributed by atoms with Crippen LogP contribution in [0.3, 0.4) is 0 Å². The van der Waals surface area contributed by atoms with Crippen molar-refractivity contribution in [3.63, 3.8) is 0 Å². The number of ether oxygens (including phenoxy) is 2. The first-order valence-corrected chi connectivity index (χ1v) is 15.5. The zero-order valence-electron chi connectivity index (χ0n) is 24.4. The number of aryl methyl sites for hydroxylation is 2. The Kier molecular flexibility index (Phi) is 8.82. The summed E-state index contributed by atoms with van der Waals surface area (Å²) < 4.78 is 39.7. The number of amides is 1. The summed E-state index contributed by atoms with van der Waals surface area (Å²) in [7, 11) is -2.70. The molecule has 0 saturated carbocycles. The highest BCUT2D eigenvalue weighted by molar-refractivity contribution is 7.93. The van der Waals surface area contributed by atoms with Gasteiger partial charge in [-0.1, -0.05) is 66.2 Å². The number of benzene rings is 4. The van der Waals surface area contributed by atoms with E-state index >= 15 is 0 Å². The molecule has 0 spiro atoms. The van der Waals surface area contributed by atoms with Crippen molar-refractivity contribution in [3.8, 4) is 16.9 Å². The second-order valence-corrected chi connectivity index (χ2v) is 12.3. The van der Waals surface area contributed by atoms with Crippen molar-refractivity contribution < 1.29 is 27.5 Å². The van der Waals surface area contributed by atoms with E-state index in [0.717, 1.165) is 33.4 Å². The highest BCUT2D eigenvalue weighted by atomic mass is 32.2. The van der Waals surface area contributed by atoms with E-state index in [1.54, 1.807) is 48.5 Å². The molecular weight excluding hydrogens is 564 g/mol. The predicted octanol–water partition coefficient (Wildman–Crippen LogP) is 5.00. The predicted molar refractivity (Wildman–Crippen MR) is 166 cm³/mol. The van der Waals surface area contributed by atoms with Crippen LogP contribution in [0.1, 0.15) is 22.3 Å². The second kappa shape index (κ2) is 12.7. The maximum Gasteiger partial charge on any atom is 0.309 e. The first-order valence-electron chi connectivity index (χ1n) is 14.0. The minimum Gasteiger partial charge on any atom is -0.492 e. The Bertz CT molecular complexity index is 1730. The number of nitrogens with one attached hydrogen (secondary N) is 1. The lowest BCUT2D eigenvalue weighted by molar-refractivity contribution is -0.139. The van der Waals surface area contributed by atoms with Gasteiger partial charge in [0.1, 0.15) is 18.4 Å². The lowest BCUT2D eigenvalue weighted by Crippen LogP contribution is -2.48. The fourth-order valence-electron chi connectivity index (χ4n) is 5.22. The van der Waals surface area contributed by atoms with Gasteiger partial charge in [0.05, 0.1) is 30.7 Å². The molecule has 0 aliphatic carbocycles. The van der Waals surface area contributed by atoms with Crippen LogP contribution in [0.4, 0.5) is 5.69 Å². The van der Waals surface area contributed by atoms with Gasteiger partial charge in [0.2, 0.25) is 5.91 Å². The molecule has 8 nitrogen and oxygen atoms in total. The molecule has 5 rings (SSSR count). The smallest absolute Gasteiger partial charge is 0.309 e. The van der Waals surface area contributed by atoms with Gasteiger partial charge in [-0.3, -0.25) is 13.9 Å². The van der Waals surface area contributed by atoms with Crippen LogP contribution in [-0.2, 0) is 37.2 Å². The number of esters is 1. The molecule has 0 aromatic heterocycles. The lowest BCUT2D eigenvalue weighted by atomic mass is 9.99. The summed E-state index contributed by atoms with van der Waals surface area (Å²) in [6.45, 7) is 4.43. The number of hydrogen-bond acceptors (Lipinski definition) is 6. The van der Waals surface area contributed by atoms with Gasteiger partial charge in [0, 0.05) is 6.42 Å². The van der Waals surface area contributed by atoms with Crippen LogP contribution in [-0.4, -0.2) is 46.6 Å². The van der Waals surface area contributed by atoms with E-state index in [2.05, 4.69) is 16.1 Å². The van der Waals surface area contributed by atoms with E-state index in [9.17, 15) is 18.0 Å². The molecule has 0 bridgehead atoms. The third kappa shape index (κ3) is 6.57. The normalized spacial score (nSPS) is 14.2. The van der Waals surface area contributed by atoms with Gasteiger partial charge in [0.15, 0.2) is 0 Å². The molecule has 1 N–H and O–H groups in total. The molecule has 43 heavy (non-hydrogen) atoms. The highest BCUT2D eigenvalue weighted by Gasteiger charge is 2.42. The van der Waals surface area contributed by atoms with Crippen molar-refractivity contribution in [2.24, 2.45) is 0 Å².